The molecule has 0 amide bonds. The zero-order chi connectivity index (χ0) is 7.23. The predicted molar refractivity (Wildman–Crippen MR) is 42.4 cm³/mol. The Hall–Kier alpha value is -1.18. The van der Waals surface area contributed by atoms with Gasteiger partial charge in [0.25, 0.3) is 0 Å². The highest BCUT2D eigenvalue weighted by atomic mass is 14.7. The number of aliphatic imine (C=N–C) groups is 1. The molecule has 0 aliphatic carbocycles. The van der Waals surface area contributed by atoms with Crippen molar-refractivity contribution in [2.45, 2.75) is 6.92 Å². The average Bonchev–Trinajstić information content (AvgIpc) is 2.03. The van der Waals surface area contributed by atoms with E-state index in [0.29, 0.717) is 0 Å². The van der Waals surface area contributed by atoms with Gasteiger partial charge in [-0.1, -0.05) is 6.07 Å². The minimum Gasteiger partial charge on any atom is -0.293 e. The lowest BCUT2D eigenvalue weighted by Gasteiger charge is -1.87. The smallest absolute Gasteiger partial charge is 0.0361 e. The van der Waals surface area contributed by atoms with Gasteiger partial charge < -0.3 is 0 Å². The van der Waals surface area contributed by atoms with Crippen LogP contribution in [0.2, 0.25) is 0 Å². The molecule has 1 aromatic heterocycles. The molecule has 0 aliphatic rings. The van der Waals surface area contributed by atoms with Crippen LogP contribution in [0.15, 0.2) is 29.5 Å². The molecule has 0 saturated heterocycles. The number of aromatic nitrogens is 1. The van der Waals surface area contributed by atoms with Gasteiger partial charge in [-0.2, -0.15) is 0 Å². The predicted octanol–water partition coefficient (Wildman–Crippen LogP) is 1.52. The van der Waals surface area contributed by atoms with E-state index in [0.717, 1.165) is 12.1 Å². The van der Waals surface area contributed by atoms with Crippen LogP contribution in [-0.4, -0.2) is 17.7 Å². The molecule has 0 bridgehead atoms. The molecule has 0 spiro atoms. The van der Waals surface area contributed by atoms with Crippen molar-refractivity contribution in [3.05, 3.63) is 30.1 Å². The fourth-order valence-electron chi connectivity index (χ4n) is 0.649. The molecule has 1 aromatic rings. The van der Waals surface area contributed by atoms with Crippen molar-refractivity contribution >= 4 is 6.21 Å². The van der Waals surface area contributed by atoms with Crippen molar-refractivity contribution in [1.29, 1.82) is 0 Å². The molecule has 1 heterocycles. The molecule has 2 heteroatoms. The first kappa shape index (κ1) is 6.93. The van der Waals surface area contributed by atoms with Crippen LogP contribution in [-0.2, 0) is 0 Å². The van der Waals surface area contributed by atoms with Gasteiger partial charge >= 0.3 is 0 Å². The van der Waals surface area contributed by atoms with Gasteiger partial charge in [-0.15, -0.1) is 0 Å². The van der Waals surface area contributed by atoms with Crippen molar-refractivity contribution in [1.82, 2.24) is 4.98 Å². The monoisotopic (exact) mass is 134 g/mol. The Morgan fingerprint density at radius 3 is 3.20 bits per heavy atom. The van der Waals surface area contributed by atoms with E-state index in [-0.39, 0.29) is 0 Å². The maximum absolute atomic E-state index is 4.08. The number of nitrogens with zero attached hydrogens (tertiary/aromatic N) is 2. The van der Waals surface area contributed by atoms with Gasteiger partial charge in [0.05, 0.1) is 0 Å². The number of rotatable bonds is 2. The van der Waals surface area contributed by atoms with Gasteiger partial charge in [-0.3, -0.25) is 9.98 Å². The molecular formula is C8H10N2. The van der Waals surface area contributed by atoms with E-state index in [9.17, 15) is 0 Å². The number of pyridine rings is 1. The molecule has 0 radical (unpaired) electrons. The third-order valence-corrected chi connectivity index (χ3v) is 1.11. The van der Waals surface area contributed by atoms with Crippen LogP contribution in [0.4, 0.5) is 0 Å². The van der Waals surface area contributed by atoms with E-state index in [1.54, 1.807) is 12.4 Å². The van der Waals surface area contributed by atoms with Crippen LogP contribution < -0.4 is 0 Å². The molecule has 0 saturated carbocycles. The highest BCUT2D eigenvalue weighted by molar-refractivity contribution is 5.78. The SMILES string of the molecule is CC/N=C/c1cccnc1. The normalized spacial score (nSPS) is 10.5. The highest BCUT2D eigenvalue weighted by Crippen LogP contribution is 1.89. The summed E-state index contributed by atoms with van der Waals surface area (Å²) in [6.07, 6.45) is 5.37. The van der Waals surface area contributed by atoms with Gasteiger partial charge in [0.15, 0.2) is 0 Å². The Bertz CT molecular complexity index is 204. The van der Waals surface area contributed by atoms with Crippen molar-refractivity contribution in [2.24, 2.45) is 4.99 Å². The van der Waals surface area contributed by atoms with Gasteiger partial charge in [0.2, 0.25) is 0 Å². The van der Waals surface area contributed by atoms with Crippen LogP contribution in [0.1, 0.15) is 12.5 Å². The van der Waals surface area contributed by atoms with Gasteiger partial charge in [0.1, 0.15) is 0 Å². The topological polar surface area (TPSA) is 25.2 Å². The Balaban J connectivity index is 2.67. The maximum Gasteiger partial charge on any atom is 0.0361 e. The summed E-state index contributed by atoms with van der Waals surface area (Å²) < 4.78 is 0. The second-order valence-electron chi connectivity index (χ2n) is 1.91. The van der Waals surface area contributed by atoms with Gasteiger partial charge in [-0.05, 0) is 13.0 Å². The van der Waals surface area contributed by atoms with Crippen LogP contribution in [0, 0.1) is 0 Å². The minimum absolute atomic E-state index is 0.828. The molecule has 0 unspecified atom stereocenters. The summed E-state index contributed by atoms with van der Waals surface area (Å²) in [6, 6.07) is 3.88. The zero-order valence-corrected chi connectivity index (χ0v) is 5.99. The maximum atomic E-state index is 4.08. The summed E-state index contributed by atoms with van der Waals surface area (Å²) in [5, 5.41) is 0. The minimum atomic E-state index is 0.828. The van der Waals surface area contributed by atoms with E-state index < -0.39 is 0 Å². The van der Waals surface area contributed by atoms with Crippen molar-refractivity contribution in [2.75, 3.05) is 6.54 Å². The van der Waals surface area contributed by atoms with Crippen molar-refractivity contribution in [3.8, 4) is 0 Å². The largest absolute Gasteiger partial charge is 0.293 e. The van der Waals surface area contributed by atoms with Crippen molar-refractivity contribution < 1.29 is 0 Å². The Morgan fingerprint density at radius 2 is 2.60 bits per heavy atom. The summed E-state index contributed by atoms with van der Waals surface area (Å²) >= 11 is 0. The summed E-state index contributed by atoms with van der Waals surface area (Å²) in [7, 11) is 0. The Labute approximate surface area is 60.6 Å². The molecule has 52 valence electrons. The molecule has 0 aromatic carbocycles. The second-order valence-corrected chi connectivity index (χ2v) is 1.91. The Kier molecular flexibility index (Phi) is 2.62. The number of hydrogen-bond donors (Lipinski definition) is 0. The first-order valence-corrected chi connectivity index (χ1v) is 3.33. The quantitative estimate of drug-likeness (QED) is 0.563. The van der Waals surface area contributed by atoms with E-state index >= 15 is 0 Å². The molecule has 0 atom stereocenters. The third kappa shape index (κ3) is 1.97. The summed E-state index contributed by atoms with van der Waals surface area (Å²) in [4.78, 5) is 8.02. The van der Waals surface area contributed by atoms with Crippen LogP contribution in [0.25, 0.3) is 0 Å². The lowest BCUT2D eigenvalue weighted by molar-refractivity contribution is 1.14. The first-order chi connectivity index (χ1) is 4.93. The molecule has 0 aliphatic heterocycles. The van der Waals surface area contributed by atoms with Crippen LogP contribution in [0.5, 0.6) is 0 Å². The fraction of sp³-hybridized carbons (Fsp3) is 0.250. The van der Waals surface area contributed by atoms with Gasteiger partial charge in [0, 0.05) is 30.7 Å². The van der Waals surface area contributed by atoms with E-state index in [1.807, 2.05) is 25.3 Å². The summed E-state index contributed by atoms with van der Waals surface area (Å²) in [5.74, 6) is 0. The summed E-state index contributed by atoms with van der Waals surface area (Å²) in [5.41, 5.74) is 1.06. The first-order valence-electron chi connectivity index (χ1n) is 3.33. The lowest BCUT2D eigenvalue weighted by Crippen LogP contribution is -1.81. The lowest BCUT2D eigenvalue weighted by atomic mass is 10.3. The molecule has 2 nitrogen and oxygen atoms in total. The summed E-state index contributed by atoms with van der Waals surface area (Å²) in [6.45, 7) is 2.84. The van der Waals surface area contributed by atoms with Crippen LogP contribution >= 0.6 is 0 Å². The zero-order valence-electron chi connectivity index (χ0n) is 5.99. The molecular weight excluding hydrogens is 124 g/mol. The fourth-order valence-corrected chi connectivity index (χ4v) is 0.649. The highest BCUT2D eigenvalue weighted by Gasteiger charge is 1.81. The van der Waals surface area contributed by atoms with Crippen LogP contribution in [0.3, 0.4) is 0 Å². The molecule has 0 N–H and O–H groups in total. The average molecular weight is 134 g/mol. The number of hydrogen-bond acceptors (Lipinski definition) is 2. The molecule has 10 heavy (non-hydrogen) atoms. The van der Waals surface area contributed by atoms with Gasteiger partial charge in [-0.25, -0.2) is 0 Å². The van der Waals surface area contributed by atoms with E-state index in [1.165, 1.54) is 0 Å². The second kappa shape index (κ2) is 3.77. The molecule has 1 rings (SSSR count). The third-order valence-electron chi connectivity index (χ3n) is 1.11. The Morgan fingerprint density at radius 1 is 1.70 bits per heavy atom. The van der Waals surface area contributed by atoms with Crippen molar-refractivity contribution in [3.63, 3.8) is 0 Å². The van der Waals surface area contributed by atoms with E-state index in [4.69, 9.17) is 0 Å². The standard InChI is InChI=1S/C8H10N2/c1-2-9-6-8-4-3-5-10-7-8/h3-7H,2H2,1H3/b9-6+. The molecule has 0 fully saturated rings. The van der Waals surface area contributed by atoms with E-state index in [2.05, 4.69) is 9.98 Å².